The Morgan fingerprint density at radius 1 is 1.22 bits per heavy atom. The predicted octanol–water partition coefficient (Wildman–Crippen LogP) is 1.88. The van der Waals surface area contributed by atoms with Crippen LogP contribution in [0.4, 0.5) is 0 Å². The normalized spacial score (nSPS) is 18.8. The lowest BCUT2D eigenvalue weighted by Crippen LogP contribution is -2.34. The van der Waals surface area contributed by atoms with Crippen molar-refractivity contribution in [2.24, 2.45) is 17.8 Å². The first kappa shape index (κ1) is 13.4. The maximum absolute atomic E-state index is 12.0. The highest BCUT2D eigenvalue weighted by molar-refractivity contribution is 5.80. The summed E-state index contributed by atoms with van der Waals surface area (Å²) < 4.78 is 4.84. The first-order valence-corrected chi connectivity index (χ1v) is 7.15. The van der Waals surface area contributed by atoms with Crippen molar-refractivity contribution < 1.29 is 14.3 Å². The molecule has 0 unspecified atom stereocenters. The van der Waals surface area contributed by atoms with Crippen molar-refractivity contribution in [1.29, 1.82) is 0 Å². The molecule has 2 aliphatic carbocycles. The molecule has 1 amide bonds. The molecule has 0 aromatic carbocycles. The fraction of sp³-hybridized carbons (Fsp3) is 0.857. The maximum Gasteiger partial charge on any atom is 0.305 e. The minimum Gasteiger partial charge on any atom is -0.466 e. The first-order chi connectivity index (χ1) is 8.72. The number of ether oxygens (including phenoxy) is 1. The molecular formula is C14H23NO3. The largest absolute Gasteiger partial charge is 0.466 e. The molecule has 0 spiro atoms. The SMILES string of the molecule is CCOC(=O)CCCNC(=O)C(C1CC1)C1CC1. The zero-order valence-corrected chi connectivity index (χ0v) is 11.1. The van der Waals surface area contributed by atoms with E-state index in [1.807, 2.05) is 0 Å². The van der Waals surface area contributed by atoms with Crippen molar-refractivity contribution in [2.75, 3.05) is 13.2 Å². The third kappa shape index (κ3) is 4.00. The molecular weight excluding hydrogens is 230 g/mol. The molecule has 1 N–H and O–H groups in total. The highest BCUT2D eigenvalue weighted by Gasteiger charge is 2.45. The number of rotatable bonds is 8. The van der Waals surface area contributed by atoms with Gasteiger partial charge in [0.1, 0.15) is 0 Å². The van der Waals surface area contributed by atoms with E-state index in [-0.39, 0.29) is 17.8 Å². The van der Waals surface area contributed by atoms with Gasteiger partial charge in [0.25, 0.3) is 0 Å². The summed E-state index contributed by atoms with van der Waals surface area (Å²) in [4.78, 5) is 23.2. The van der Waals surface area contributed by atoms with E-state index < -0.39 is 0 Å². The third-order valence-electron chi connectivity index (χ3n) is 3.72. The fourth-order valence-electron chi connectivity index (χ4n) is 2.52. The second-order valence-corrected chi connectivity index (χ2v) is 5.40. The van der Waals surface area contributed by atoms with Crippen LogP contribution in [0, 0.1) is 17.8 Å². The van der Waals surface area contributed by atoms with Crippen LogP contribution < -0.4 is 5.32 Å². The van der Waals surface area contributed by atoms with E-state index in [0.717, 1.165) is 0 Å². The number of carbonyl (C=O) groups excluding carboxylic acids is 2. The summed E-state index contributed by atoms with van der Waals surface area (Å²) in [5.74, 6) is 1.58. The van der Waals surface area contributed by atoms with Gasteiger partial charge in [0.2, 0.25) is 5.91 Å². The van der Waals surface area contributed by atoms with Gasteiger partial charge in [-0.3, -0.25) is 9.59 Å². The van der Waals surface area contributed by atoms with E-state index in [1.165, 1.54) is 25.7 Å². The summed E-state index contributed by atoms with van der Waals surface area (Å²) in [7, 11) is 0. The molecule has 2 fully saturated rings. The zero-order valence-electron chi connectivity index (χ0n) is 11.1. The van der Waals surface area contributed by atoms with Crippen LogP contribution in [-0.2, 0) is 14.3 Å². The average Bonchev–Trinajstić information content (AvgIpc) is 3.18. The van der Waals surface area contributed by atoms with Crippen molar-refractivity contribution in [3.05, 3.63) is 0 Å². The molecule has 0 heterocycles. The summed E-state index contributed by atoms with van der Waals surface area (Å²) in [6, 6.07) is 0. The molecule has 0 aliphatic heterocycles. The molecule has 2 aliphatic rings. The summed E-state index contributed by atoms with van der Waals surface area (Å²) >= 11 is 0. The first-order valence-electron chi connectivity index (χ1n) is 7.15. The summed E-state index contributed by atoms with van der Waals surface area (Å²) in [6.45, 7) is 2.82. The van der Waals surface area contributed by atoms with Crippen LogP contribution in [0.15, 0.2) is 0 Å². The van der Waals surface area contributed by atoms with Crippen LogP contribution in [0.3, 0.4) is 0 Å². The van der Waals surface area contributed by atoms with Gasteiger partial charge in [-0.25, -0.2) is 0 Å². The van der Waals surface area contributed by atoms with Crippen molar-refractivity contribution in [2.45, 2.75) is 45.4 Å². The Labute approximate surface area is 108 Å². The lowest BCUT2D eigenvalue weighted by molar-refractivity contribution is -0.143. The Bertz CT molecular complexity index is 296. The Balaban J connectivity index is 1.60. The summed E-state index contributed by atoms with van der Waals surface area (Å²) in [6.07, 6.45) is 5.95. The number of nitrogens with one attached hydrogen (secondary N) is 1. The van der Waals surface area contributed by atoms with E-state index in [1.54, 1.807) is 6.92 Å². The fourth-order valence-corrected chi connectivity index (χ4v) is 2.52. The molecule has 0 atom stereocenters. The van der Waals surface area contributed by atoms with Gasteiger partial charge in [-0.1, -0.05) is 0 Å². The van der Waals surface area contributed by atoms with Crippen LogP contribution in [0.1, 0.15) is 45.4 Å². The van der Waals surface area contributed by atoms with Crippen LogP contribution in [0.2, 0.25) is 0 Å². The van der Waals surface area contributed by atoms with Gasteiger partial charge in [-0.05, 0) is 50.9 Å². The van der Waals surface area contributed by atoms with Gasteiger partial charge < -0.3 is 10.1 Å². The van der Waals surface area contributed by atoms with Crippen molar-refractivity contribution in [3.63, 3.8) is 0 Å². The molecule has 2 rings (SSSR count). The van der Waals surface area contributed by atoms with Gasteiger partial charge in [0, 0.05) is 18.9 Å². The maximum atomic E-state index is 12.0. The Morgan fingerprint density at radius 3 is 2.33 bits per heavy atom. The molecule has 0 aromatic heterocycles. The minimum absolute atomic E-state index is 0.173. The quantitative estimate of drug-likeness (QED) is 0.531. The number of hydrogen-bond donors (Lipinski definition) is 1. The lowest BCUT2D eigenvalue weighted by atomic mass is 9.97. The molecule has 0 bridgehead atoms. The van der Waals surface area contributed by atoms with Gasteiger partial charge in [0.05, 0.1) is 6.61 Å². The van der Waals surface area contributed by atoms with E-state index in [4.69, 9.17) is 4.74 Å². The number of carbonyl (C=O) groups is 2. The number of amides is 1. The number of hydrogen-bond acceptors (Lipinski definition) is 3. The monoisotopic (exact) mass is 253 g/mol. The number of esters is 1. The Kier molecular flexibility index (Phi) is 4.61. The van der Waals surface area contributed by atoms with E-state index in [9.17, 15) is 9.59 Å². The van der Waals surface area contributed by atoms with Crippen molar-refractivity contribution in [3.8, 4) is 0 Å². The van der Waals surface area contributed by atoms with Crippen LogP contribution in [-0.4, -0.2) is 25.0 Å². The molecule has 18 heavy (non-hydrogen) atoms. The van der Waals surface area contributed by atoms with Crippen LogP contribution in [0.25, 0.3) is 0 Å². The highest BCUT2D eigenvalue weighted by Crippen LogP contribution is 2.49. The van der Waals surface area contributed by atoms with Gasteiger partial charge in [0.15, 0.2) is 0 Å². The second kappa shape index (κ2) is 6.21. The van der Waals surface area contributed by atoms with Gasteiger partial charge >= 0.3 is 5.97 Å². The average molecular weight is 253 g/mol. The van der Waals surface area contributed by atoms with Crippen molar-refractivity contribution in [1.82, 2.24) is 5.32 Å². The predicted molar refractivity (Wildman–Crippen MR) is 67.8 cm³/mol. The summed E-state index contributed by atoms with van der Waals surface area (Å²) in [5.41, 5.74) is 0. The standard InChI is InChI=1S/C14H23NO3/c1-2-18-12(16)4-3-9-15-14(17)13(10-5-6-10)11-7-8-11/h10-11,13H,2-9H2,1H3,(H,15,17). The molecule has 0 radical (unpaired) electrons. The van der Waals surface area contributed by atoms with Gasteiger partial charge in [-0.15, -0.1) is 0 Å². The second-order valence-electron chi connectivity index (χ2n) is 5.40. The molecule has 4 heteroatoms. The lowest BCUT2D eigenvalue weighted by Gasteiger charge is -2.15. The highest BCUT2D eigenvalue weighted by atomic mass is 16.5. The van der Waals surface area contributed by atoms with Crippen molar-refractivity contribution >= 4 is 11.9 Å². The Morgan fingerprint density at radius 2 is 1.83 bits per heavy atom. The van der Waals surface area contributed by atoms with E-state index in [2.05, 4.69) is 5.32 Å². The smallest absolute Gasteiger partial charge is 0.305 e. The molecule has 2 saturated carbocycles. The molecule has 0 saturated heterocycles. The van der Waals surface area contributed by atoms with E-state index in [0.29, 0.717) is 37.8 Å². The molecule has 102 valence electrons. The minimum atomic E-state index is -0.173. The molecule has 0 aromatic rings. The summed E-state index contributed by atoms with van der Waals surface area (Å²) in [5, 5.41) is 2.98. The van der Waals surface area contributed by atoms with Crippen LogP contribution >= 0.6 is 0 Å². The van der Waals surface area contributed by atoms with Gasteiger partial charge in [-0.2, -0.15) is 0 Å². The zero-order chi connectivity index (χ0) is 13.0. The topological polar surface area (TPSA) is 55.4 Å². The Hall–Kier alpha value is -1.06. The van der Waals surface area contributed by atoms with E-state index >= 15 is 0 Å². The molecule has 4 nitrogen and oxygen atoms in total. The van der Waals surface area contributed by atoms with Crippen LogP contribution in [0.5, 0.6) is 0 Å². The third-order valence-corrected chi connectivity index (χ3v) is 3.72.